The molecule has 0 saturated carbocycles. The van der Waals surface area contributed by atoms with Gasteiger partial charge in [0.25, 0.3) is 0 Å². The molecule has 0 spiro atoms. The van der Waals surface area contributed by atoms with Crippen LogP contribution in [0, 0.1) is 12.8 Å². The standard InChI is InChI=1S/C16H24N2O3/c1-12-10-14(17)2-3-15(12)18-16(19)6-9-21-11-13-4-7-20-8-5-13/h2-3,10,13H,4-9,11,17H2,1H3,(H,18,19). The highest BCUT2D eigenvalue weighted by atomic mass is 16.5. The molecule has 0 unspecified atom stereocenters. The third-order valence-electron chi connectivity index (χ3n) is 3.69. The minimum absolute atomic E-state index is 0.0325. The van der Waals surface area contributed by atoms with E-state index < -0.39 is 0 Å². The van der Waals surface area contributed by atoms with Crippen LogP contribution in [-0.4, -0.2) is 32.3 Å². The molecule has 0 radical (unpaired) electrons. The molecule has 1 saturated heterocycles. The topological polar surface area (TPSA) is 73.6 Å². The highest BCUT2D eigenvalue weighted by molar-refractivity contribution is 5.91. The number of nitrogens with two attached hydrogens (primary N) is 1. The zero-order chi connectivity index (χ0) is 15.1. The van der Waals surface area contributed by atoms with Crippen LogP contribution in [0.1, 0.15) is 24.8 Å². The Morgan fingerprint density at radius 3 is 2.90 bits per heavy atom. The summed E-state index contributed by atoms with van der Waals surface area (Å²) < 4.78 is 10.9. The Balaban J connectivity index is 1.65. The van der Waals surface area contributed by atoms with E-state index in [4.69, 9.17) is 15.2 Å². The van der Waals surface area contributed by atoms with Gasteiger partial charge < -0.3 is 20.5 Å². The summed E-state index contributed by atoms with van der Waals surface area (Å²) in [5, 5.41) is 2.88. The van der Waals surface area contributed by atoms with Crippen LogP contribution in [0.5, 0.6) is 0 Å². The SMILES string of the molecule is Cc1cc(N)ccc1NC(=O)CCOCC1CCOCC1. The monoisotopic (exact) mass is 292 g/mol. The van der Waals surface area contributed by atoms with Crippen LogP contribution in [0.3, 0.4) is 0 Å². The molecule has 1 amide bonds. The van der Waals surface area contributed by atoms with E-state index in [1.54, 1.807) is 6.07 Å². The van der Waals surface area contributed by atoms with E-state index in [1.807, 2.05) is 19.1 Å². The number of benzene rings is 1. The fourth-order valence-electron chi connectivity index (χ4n) is 2.37. The maximum Gasteiger partial charge on any atom is 0.226 e. The molecule has 5 heteroatoms. The minimum atomic E-state index is -0.0325. The molecule has 116 valence electrons. The maximum absolute atomic E-state index is 11.9. The van der Waals surface area contributed by atoms with Crippen LogP contribution in [0.25, 0.3) is 0 Å². The molecule has 1 aliphatic heterocycles. The number of aryl methyl sites for hydroxylation is 1. The molecule has 1 aromatic carbocycles. The van der Waals surface area contributed by atoms with Crippen molar-refractivity contribution in [2.75, 3.05) is 37.5 Å². The molecule has 5 nitrogen and oxygen atoms in total. The van der Waals surface area contributed by atoms with Crippen molar-refractivity contribution in [2.24, 2.45) is 5.92 Å². The zero-order valence-electron chi connectivity index (χ0n) is 12.6. The van der Waals surface area contributed by atoms with E-state index in [1.165, 1.54) is 0 Å². The summed E-state index contributed by atoms with van der Waals surface area (Å²) in [6.07, 6.45) is 2.47. The molecule has 21 heavy (non-hydrogen) atoms. The zero-order valence-corrected chi connectivity index (χ0v) is 12.6. The molecule has 3 N–H and O–H groups in total. The van der Waals surface area contributed by atoms with Gasteiger partial charge in [0, 0.05) is 31.2 Å². The molecule has 0 aliphatic carbocycles. The van der Waals surface area contributed by atoms with Crippen molar-refractivity contribution in [3.63, 3.8) is 0 Å². The van der Waals surface area contributed by atoms with Gasteiger partial charge in [-0.15, -0.1) is 0 Å². The van der Waals surface area contributed by atoms with Crippen LogP contribution in [-0.2, 0) is 14.3 Å². The number of anilines is 2. The number of hydrogen-bond acceptors (Lipinski definition) is 4. The highest BCUT2D eigenvalue weighted by Gasteiger charge is 2.14. The highest BCUT2D eigenvalue weighted by Crippen LogP contribution is 2.18. The van der Waals surface area contributed by atoms with Gasteiger partial charge in [-0.05, 0) is 49.4 Å². The van der Waals surface area contributed by atoms with Gasteiger partial charge in [-0.3, -0.25) is 4.79 Å². The van der Waals surface area contributed by atoms with Crippen LogP contribution < -0.4 is 11.1 Å². The number of carbonyl (C=O) groups is 1. The van der Waals surface area contributed by atoms with E-state index >= 15 is 0 Å². The summed E-state index contributed by atoms with van der Waals surface area (Å²) in [6, 6.07) is 5.45. The second-order valence-electron chi connectivity index (χ2n) is 5.50. The van der Waals surface area contributed by atoms with Gasteiger partial charge in [-0.2, -0.15) is 0 Å². The molecule has 1 fully saturated rings. The molecular weight excluding hydrogens is 268 g/mol. The van der Waals surface area contributed by atoms with Gasteiger partial charge in [-0.25, -0.2) is 0 Å². The Morgan fingerprint density at radius 2 is 2.19 bits per heavy atom. The van der Waals surface area contributed by atoms with Crippen molar-refractivity contribution in [2.45, 2.75) is 26.2 Å². The Labute approximate surface area is 125 Å². The number of carbonyl (C=O) groups excluding carboxylic acids is 1. The van der Waals surface area contributed by atoms with Gasteiger partial charge >= 0.3 is 0 Å². The largest absolute Gasteiger partial charge is 0.399 e. The number of amides is 1. The summed E-state index contributed by atoms with van der Waals surface area (Å²) >= 11 is 0. The lowest BCUT2D eigenvalue weighted by Gasteiger charge is -2.21. The van der Waals surface area contributed by atoms with Gasteiger partial charge in [0.05, 0.1) is 13.0 Å². The molecule has 1 heterocycles. The summed E-state index contributed by atoms with van der Waals surface area (Å²) in [7, 11) is 0. The van der Waals surface area contributed by atoms with Crippen molar-refractivity contribution in [3.05, 3.63) is 23.8 Å². The van der Waals surface area contributed by atoms with E-state index in [0.29, 0.717) is 24.6 Å². The van der Waals surface area contributed by atoms with Crippen molar-refractivity contribution in [1.29, 1.82) is 0 Å². The summed E-state index contributed by atoms with van der Waals surface area (Å²) in [4.78, 5) is 11.9. The van der Waals surface area contributed by atoms with E-state index in [0.717, 1.165) is 43.9 Å². The fraction of sp³-hybridized carbons (Fsp3) is 0.562. The second kappa shape index (κ2) is 8.00. The Bertz CT molecular complexity index is 471. The maximum atomic E-state index is 11.9. The predicted octanol–water partition coefficient (Wildman–Crippen LogP) is 2.35. The van der Waals surface area contributed by atoms with Crippen molar-refractivity contribution >= 4 is 17.3 Å². The molecule has 0 atom stereocenters. The van der Waals surface area contributed by atoms with Crippen LogP contribution >= 0.6 is 0 Å². The fourth-order valence-corrected chi connectivity index (χ4v) is 2.37. The van der Waals surface area contributed by atoms with Gasteiger partial charge in [0.1, 0.15) is 0 Å². The van der Waals surface area contributed by atoms with E-state index in [-0.39, 0.29) is 5.91 Å². The minimum Gasteiger partial charge on any atom is -0.399 e. The normalized spacial score (nSPS) is 15.9. The Hall–Kier alpha value is -1.59. The molecule has 1 aromatic rings. The van der Waals surface area contributed by atoms with Crippen LogP contribution in [0.2, 0.25) is 0 Å². The quantitative estimate of drug-likeness (QED) is 0.623. The van der Waals surface area contributed by atoms with E-state index in [9.17, 15) is 4.79 Å². The lowest BCUT2D eigenvalue weighted by atomic mass is 10.0. The number of hydrogen-bond donors (Lipinski definition) is 2. The van der Waals surface area contributed by atoms with Crippen molar-refractivity contribution < 1.29 is 14.3 Å². The van der Waals surface area contributed by atoms with Gasteiger partial charge in [-0.1, -0.05) is 0 Å². The molecule has 0 aromatic heterocycles. The Kier molecular flexibility index (Phi) is 6.02. The Morgan fingerprint density at radius 1 is 1.43 bits per heavy atom. The second-order valence-corrected chi connectivity index (χ2v) is 5.50. The predicted molar refractivity (Wildman–Crippen MR) is 83.2 cm³/mol. The first kappa shape index (κ1) is 15.8. The third kappa shape index (κ3) is 5.36. The first-order chi connectivity index (χ1) is 10.1. The number of nitrogens with one attached hydrogen (secondary N) is 1. The summed E-state index contributed by atoms with van der Waals surface area (Å²) in [5.74, 6) is 0.538. The van der Waals surface area contributed by atoms with Crippen LogP contribution in [0.4, 0.5) is 11.4 Å². The third-order valence-corrected chi connectivity index (χ3v) is 3.69. The summed E-state index contributed by atoms with van der Waals surface area (Å²) in [5.41, 5.74) is 8.15. The van der Waals surface area contributed by atoms with Gasteiger partial charge in [0.15, 0.2) is 0 Å². The van der Waals surface area contributed by atoms with Crippen LogP contribution in [0.15, 0.2) is 18.2 Å². The molecule has 2 rings (SSSR count). The number of nitrogen functional groups attached to an aromatic ring is 1. The van der Waals surface area contributed by atoms with Crippen molar-refractivity contribution in [3.8, 4) is 0 Å². The average molecular weight is 292 g/mol. The lowest BCUT2D eigenvalue weighted by Crippen LogP contribution is -2.21. The smallest absolute Gasteiger partial charge is 0.226 e. The van der Waals surface area contributed by atoms with Crippen molar-refractivity contribution in [1.82, 2.24) is 0 Å². The first-order valence-corrected chi connectivity index (χ1v) is 7.46. The lowest BCUT2D eigenvalue weighted by molar-refractivity contribution is -0.117. The van der Waals surface area contributed by atoms with E-state index in [2.05, 4.69) is 5.32 Å². The number of ether oxygens (including phenoxy) is 2. The first-order valence-electron chi connectivity index (χ1n) is 7.46. The summed E-state index contributed by atoms with van der Waals surface area (Å²) in [6.45, 7) is 4.75. The number of rotatable bonds is 6. The molecule has 0 bridgehead atoms. The molecular formula is C16H24N2O3. The van der Waals surface area contributed by atoms with Gasteiger partial charge in [0.2, 0.25) is 5.91 Å². The average Bonchev–Trinajstić information content (AvgIpc) is 2.48. The molecule has 1 aliphatic rings.